The number of aromatic nitrogens is 1. The number of benzene rings is 2. The standard InChI is InChI=1S/C18H16ClN3O/c1-22(12-18(23)20-15-9-7-14(19)8-10-15)17-11-6-13-4-2-3-5-16(13)21-17/h2-11H,12H2,1H3,(H,20,23). The predicted octanol–water partition coefficient (Wildman–Crippen LogP) is 3.96. The van der Waals surface area contributed by atoms with Gasteiger partial charge in [0.1, 0.15) is 5.82 Å². The lowest BCUT2D eigenvalue weighted by molar-refractivity contribution is -0.114. The van der Waals surface area contributed by atoms with Crippen molar-refractivity contribution in [2.75, 3.05) is 23.8 Å². The topological polar surface area (TPSA) is 45.2 Å². The van der Waals surface area contributed by atoms with Gasteiger partial charge in [0, 0.05) is 23.1 Å². The molecule has 0 aliphatic heterocycles. The summed E-state index contributed by atoms with van der Waals surface area (Å²) in [5, 5.41) is 4.56. The Bertz CT molecular complexity index is 833. The first-order chi connectivity index (χ1) is 11.1. The molecule has 4 nitrogen and oxygen atoms in total. The number of hydrogen-bond donors (Lipinski definition) is 1. The van der Waals surface area contributed by atoms with Gasteiger partial charge in [-0.15, -0.1) is 0 Å². The molecule has 3 rings (SSSR count). The summed E-state index contributed by atoms with van der Waals surface area (Å²) in [5.74, 6) is 0.653. The van der Waals surface area contributed by atoms with E-state index in [9.17, 15) is 4.79 Å². The monoisotopic (exact) mass is 325 g/mol. The maximum Gasteiger partial charge on any atom is 0.243 e. The first kappa shape index (κ1) is 15.3. The number of hydrogen-bond acceptors (Lipinski definition) is 3. The SMILES string of the molecule is CN(CC(=O)Nc1ccc(Cl)cc1)c1ccc2ccccc2n1. The summed E-state index contributed by atoms with van der Waals surface area (Å²) < 4.78 is 0. The van der Waals surface area contributed by atoms with E-state index in [0.717, 1.165) is 22.4 Å². The predicted molar refractivity (Wildman–Crippen MR) is 95.1 cm³/mol. The van der Waals surface area contributed by atoms with Gasteiger partial charge < -0.3 is 10.2 Å². The van der Waals surface area contributed by atoms with Gasteiger partial charge in [-0.05, 0) is 42.5 Å². The van der Waals surface area contributed by atoms with Crippen molar-refractivity contribution in [1.29, 1.82) is 0 Å². The van der Waals surface area contributed by atoms with Crippen LogP contribution in [0.25, 0.3) is 10.9 Å². The van der Waals surface area contributed by atoms with Crippen LogP contribution in [0, 0.1) is 0 Å². The van der Waals surface area contributed by atoms with Crippen molar-refractivity contribution in [3.05, 3.63) is 65.7 Å². The third-order valence-electron chi connectivity index (χ3n) is 3.48. The van der Waals surface area contributed by atoms with Gasteiger partial charge in [0.2, 0.25) is 5.91 Å². The number of pyridine rings is 1. The third-order valence-corrected chi connectivity index (χ3v) is 3.74. The van der Waals surface area contributed by atoms with Crippen LogP contribution < -0.4 is 10.2 Å². The number of nitrogens with one attached hydrogen (secondary N) is 1. The Morgan fingerprint density at radius 1 is 1.09 bits per heavy atom. The van der Waals surface area contributed by atoms with E-state index in [1.807, 2.05) is 48.3 Å². The van der Waals surface area contributed by atoms with Crippen LogP contribution in [0.3, 0.4) is 0 Å². The van der Waals surface area contributed by atoms with Gasteiger partial charge in [-0.25, -0.2) is 4.98 Å². The molecule has 0 aliphatic rings. The minimum absolute atomic E-state index is 0.107. The molecule has 2 aromatic carbocycles. The molecule has 5 heteroatoms. The normalized spacial score (nSPS) is 10.5. The minimum atomic E-state index is -0.107. The summed E-state index contributed by atoms with van der Waals surface area (Å²) in [5.41, 5.74) is 1.63. The van der Waals surface area contributed by atoms with Crippen molar-refractivity contribution in [3.63, 3.8) is 0 Å². The molecule has 1 N–H and O–H groups in total. The zero-order valence-corrected chi connectivity index (χ0v) is 13.4. The summed E-state index contributed by atoms with van der Waals surface area (Å²) in [6.07, 6.45) is 0. The number of fused-ring (bicyclic) bond motifs is 1. The van der Waals surface area contributed by atoms with E-state index in [-0.39, 0.29) is 12.5 Å². The Labute approximate surface area is 139 Å². The van der Waals surface area contributed by atoms with Crippen LogP contribution in [0.1, 0.15) is 0 Å². The van der Waals surface area contributed by atoms with Crippen molar-refractivity contribution in [2.45, 2.75) is 0 Å². The van der Waals surface area contributed by atoms with Crippen LogP contribution in [0.4, 0.5) is 11.5 Å². The number of anilines is 2. The molecule has 1 aromatic heterocycles. The second-order valence-corrected chi connectivity index (χ2v) is 5.71. The molecule has 23 heavy (non-hydrogen) atoms. The summed E-state index contributed by atoms with van der Waals surface area (Å²) in [7, 11) is 1.85. The number of amides is 1. The molecule has 1 amide bonds. The lowest BCUT2D eigenvalue weighted by Gasteiger charge is -2.18. The van der Waals surface area contributed by atoms with Gasteiger partial charge in [-0.2, -0.15) is 0 Å². The molecule has 0 unspecified atom stereocenters. The third kappa shape index (κ3) is 3.79. The summed E-state index contributed by atoms with van der Waals surface area (Å²) in [6, 6.07) is 18.9. The number of halogens is 1. The molecule has 0 fully saturated rings. The number of rotatable bonds is 4. The maximum absolute atomic E-state index is 12.1. The van der Waals surface area contributed by atoms with Crippen LogP contribution >= 0.6 is 11.6 Å². The molecule has 1 heterocycles. The summed E-state index contributed by atoms with van der Waals surface area (Å²) >= 11 is 5.83. The van der Waals surface area contributed by atoms with Crippen LogP contribution in [0.15, 0.2) is 60.7 Å². The van der Waals surface area contributed by atoms with Crippen LogP contribution in [0.2, 0.25) is 5.02 Å². The lowest BCUT2D eigenvalue weighted by Crippen LogP contribution is -2.30. The number of nitrogens with zero attached hydrogens (tertiary/aromatic N) is 2. The minimum Gasteiger partial charge on any atom is -0.350 e. The fraction of sp³-hybridized carbons (Fsp3) is 0.111. The van der Waals surface area contributed by atoms with E-state index in [4.69, 9.17) is 11.6 Å². The van der Waals surface area contributed by atoms with E-state index in [2.05, 4.69) is 10.3 Å². The molecule has 116 valence electrons. The van der Waals surface area contributed by atoms with Gasteiger partial charge in [0.05, 0.1) is 12.1 Å². The number of para-hydroxylation sites is 1. The first-order valence-electron chi connectivity index (χ1n) is 7.24. The van der Waals surface area contributed by atoms with Gasteiger partial charge in [0.15, 0.2) is 0 Å². The van der Waals surface area contributed by atoms with Crippen LogP contribution in [-0.4, -0.2) is 24.5 Å². The van der Waals surface area contributed by atoms with Crippen molar-refractivity contribution in [2.24, 2.45) is 0 Å². The van der Waals surface area contributed by atoms with Gasteiger partial charge in [-0.3, -0.25) is 4.79 Å². The smallest absolute Gasteiger partial charge is 0.243 e. The van der Waals surface area contributed by atoms with Crippen molar-refractivity contribution >= 4 is 39.9 Å². The highest BCUT2D eigenvalue weighted by atomic mass is 35.5. The van der Waals surface area contributed by atoms with Crippen LogP contribution in [0.5, 0.6) is 0 Å². The Kier molecular flexibility index (Phi) is 4.44. The van der Waals surface area contributed by atoms with Crippen molar-refractivity contribution in [3.8, 4) is 0 Å². The fourth-order valence-corrected chi connectivity index (χ4v) is 2.42. The molecule has 0 atom stereocenters. The van der Waals surface area contributed by atoms with Gasteiger partial charge in [0.25, 0.3) is 0 Å². The second-order valence-electron chi connectivity index (χ2n) is 5.27. The molecule has 0 saturated heterocycles. The molecule has 0 bridgehead atoms. The molecular formula is C18H16ClN3O. The zero-order chi connectivity index (χ0) is 16.2. The highest BCUT2D eigenvalue weighted by Gasteiger charge is 2.09. The Morgan fingerprint density at radius 3 is 2.61 bits per heavy atom. The molecule has 0 spiro atoms. The molecule has 0 radical (unpaired) electrons. The first-order valence-corrected chi connectivity index (χ1v) is 7.62. The quantitative estimate of drug-likeness (QED) is 0.789. The summed E-state index contributed by atoms with van der Waals surface area (Å²) in [4.78, 5) is 18.5. The average Bonchev–Trinajstić information content (AvgIpc) is 2.56. The largest absolute Gasteiger partial charge is 0.350 e. The van der Waals surface area contributed by atoms with Crippen molar-refractivity contribution in [1.82, 2.24) is 4.98 Å². The lowest BCUT2D eigenvalue weighted by atomic mass is 10.2. The van der Waals surface area contributed by atoms with E-state index in [0.29, 0.717) is 5.02 Å². The highest BCUT2D eigenvalue weighted by molar-refractivity contribution is 6.30. The van der Waals surface area contributed by atoms with E-state index in [1.54, 1.807) is 24.3 Å². The average molecular weight is 326 g/mol. The van der Waals surface area contributed by atoms with E-state index in [1.165, 1.54) is 0 Å². The Hall–Kier alpha value is -2.59. The fourth-order valence-electron chi connectivity index (χ4n) is 2.30. The second kappa shape index (κ2) is 6.67. The van der Waals surface area contributed by atoms with Crippen LogP contribution in [-0.2, 0) is 4.79 Å². The Balaban J connectivity index is 1.68. The number of carbonyl (C=O) groups is 1. The maximum atomic E-state index is 12.1. The molecule has 3 aromatic rings. The van der Waals surface area contributed by atoms with Crippen molar-refractivity contribution < 1.29 is 4.79 Å². The number of likely N-dealkylation sites (N-methyl/N-ethyl adjacent to an activating group) is 1. The molecule has 0 aliphatic carbocycles. The van der Waals surface area contributed by atoms with Gasteiger partial charge >= 0.3 is 0 Å². The highest BCUT2D eigenvalue weighted by Crippen LogP contribution is 2.17. The van der Waals surface area contributed by atoms with E-state index < -0.39 is 0 Å². The zero-order valence-electron chi connectivity index (χ0n) is 12.7. The van der Waals surface area contributed by atoms with Gasteiger partial charge in [-0.1, -0.05) is 29.8 Å². The Morgan fingerprint density at radius 2 is 1.83 bits per heavy atom. The molecular weight excluding hydrogens is 310 g/mol. The number of carbonyl (C=O) groups excluding carboxylic acids is 1. The molecule has 0 saturated carbocycles. The van der Waals surface area contributed by atoms with E-state index >= 15 is 0 Å². The summed E-state index contributed by atoms with van der Waals surface area (Å²) in [6.45, 7) is 0.216.